The maximum atomic E-state index is 13.1. The molecule has 1 aliphatic heterocycles. The second-order valence-corrected chi connectivity index (χ2v) is 9.34. The summed E-state index contributed by atoms with van der Waals surface area (Å²) in [7, 11) is 0. The summed E-state index contributed by atoms with van der Waals surface area (Å²) < 4.78 is 0. The van der Waals surface area contributed by atoms with Gasteiger partial charge in [0.25, 0.3) is 0 Å². The Bertz CT molecular complexity index is 825. The number of carboxylic acid groups (broad SMARTS) is 1. The SMILES string of the molecule is CC(C)CC(NC(=O)C(N)Cc1cnc[nH]1)C(=O)NC(C(=O)N1CCCC1C(=O)O)C(C)C. The van der Waals surface area contributed by atoms with Crippen molar-refractivity contribution < 1.29 is 24.3 Å². The maximum absolute atomic E-state index is 13.1. The van der Waals surface area contributed by atoms with Crippen molar-refractivity contribution in [3.8, 4) is 0 Å². The second kappa shape index (κ2) is 11.8. The van der Waals surface area contributed by atoms with Crippen molar-refractivity contribution in [1.82, 2.24) is 25.5 Å². The van der Waals surface area contributed by atoms with Crippen LogP contribution in [-0.2, 0) is 25.6 Å². The standard InChI is InChI=1S/C22H36N6O5/c1-12(2)8-16(26-19(29)15(23)9-14-10-24-11-25-14)20(30)27-18(13(3)4)21(31)28-7-5-6-17(28)22(32)33/h10-13,15-18H,5-9,23H2,1-4H3,(H,24,25)(H,26,29)(H,27,30)(H,32,33). The van der Waals surface area contributed by atoms with Gasteiger partial charge >= 0.3 is 5.97 Å². The van der Waals surface area contributed by atoms with Crippen molar-refractivity contribution in [3.05, 3.63) is 18.2 Å². The molecule has 11 nitrogen and oxygen atoms in total. The van der Waals surface area contributed by atoms with E-state index in [9.17, 15) is 24.3 Å². The van der Waals surface area contributed by atoms with Gasteiger partial charge < -0.3 is 31.4 Å². The Morgan fingerprint density at radius 3 is 2.45 bits per heavy atom. The smallest absolute Gasteiger partial charge is 0.326 e. The first-order valence-electron chi connectivity index (χ1n) is 11.4. The van der Waals surface area contributed by atoms with E-state index in [4.69, 9.17) is 5.73 Å². The largest absolute Gasteiger partial charge is 0.480 e. The predicted molar refractivity (Wildman–Crippen MR) is 121 cm³/mol. The molecule has 2 heterocycles. The molecule has 1 aliphatic rings. The average molecular weight is 465 g/mol. The molecule has 1 aromatic heterocycles. The molecule has 1 saturated heterocycles. The molecular formula is C22H36N6O5. The first-order chi connectivity index (χ1) is 15.5. The number of aromatic nitrogens is 2. The van der Waals surface area contributed by atoms with Gasteiger partial charge in [-0.3, -0.25) is 14.4 Å². The molecule has 4 atom stereocenters. The summed E-state index contributed by atoms with van der Waals surface area (Å²) in [5, 5.41) is 14.9. The zero-order valence-corrected chi connectivity index (χ0v) is 19.7. The lowest BCUT2D eigenvalue weighted by molar-refractivity contribution is -0.150. The number of imidazole rings is 1. The Morgan fingerprint density at radius 2 is 1.91 bits per heavy atom. The Morgan fingerprint density at radius 1 is 1.21 bits per heavy atom. The number of H-pyrrole nitrogens is 1. The van der Waals surface area contributed by atoms with Crippen molar-refractivity contribution in [2.24, 2.45) is 17.6 Å². The van der Waals surface area contributed by atoms with Crippen molar-refractivity contribution in [2.75, 3.05) is 6.54 Å². The Kier molecular flexibility index (Phi) is 9.39. The Balaban J connectivity index is 2.09. The third-order valence-corrected chi connectivity index (χ3v) is 5.72. The highest BCUT2D eigenvalue weighted by molar-refractivity contribution is 5.94. The van der Waals surface area contributed by atoms with E-state index < -0.39 is 47.9 Å². The predicted octanol–water partition coefficient (Wildman–Crippen LogP) is 0.0268. The zero-order chi connectivity index (χ0) is 24.7. The summed E-state index contributed by atoms with van der Waals surface area (Å²) >= 11 is 0. The fourth-order valence-electron chi connectivity index (χ4n) is 3.94. The molecule has 0 aliphatic carbocycles. The number of carbonyl (C=O) groups is 4. The maximum Gasteiger partial charge on any atom is 0.326 e. The quantitative estimate of drug-likeness (QED) is 0.307. The summed E-state index contributed by atoms with van der Waals surface area (Å²) in [5.41, 5.74) is 6.70. The summed E-state index contributed by atoms with van der Waals surface area (Å²) in [6.07, 6.45) is 4.65. The van der Waals surface area contributed by atoms with Crippen LogP contribution in [0.3, 0.4) is 0 Å². The van der Waals surface area contributed by atoms with Gasteiger partial charge in [-0.05, 0) is 31.1 Å². The van der Waals surface area contributed by atoms with Crippen LogP contribution in [-0.4, -0.2) is 74.4 Å². The van der Waals surface area contributed by atoms with Gasteiger partial charge in [-0.2, -0.15) is 0 Å². The number of nitrogens with two attached hydrogens (primary N) is 1. The summed E-state index contributed by atoms with van der Waals surface area (Å²) in [6, 6.07) is -3.55. The number of carbonyl (C=O) groups excluding carboxylic acids is 3. The highest BCUT2D eigenvalue weighted by atomic mass is 16.4. The van der Waals surface area contributed by atoms with Crippen LogP contribution in [0.4, 0.5) is 0 Å². The molecule has 1 fully saturated rings. The zero-order valence-electron chi connectivity index (χ0n) is 19.7. The summed E-state index contributed by atoms with van der Waals surface area (Å²) in [5.74, 6) is -2.63. The first kappa shape index (κ1) is 26.3. The average Bonchev–Trinajstić information content (AvgIpc) is 3.42. The molecule has 1 aromatic rings. The van der Waals surface area contributed by atoms with Crippen molar-refractivity contribution in [3.63, 3.8) is 0 Å². The van der Waals surface area contributed by atoms with Gasteiger partial charge in [0.2, 0.25) is 17.7 Å². The highest BCUT2D eigenvalue weighted by Gasteiger charge is 2.39. The lowest BCUT2D eigenvalue weighted by Gasteiger charge is -2.31. The number of hydrogen-bond donors (Lipinski definition) is 5. The number of nitrogens with one attached hydrogen (secondary N) is 3. The molecule has 0 saturated carbocycles. The number of nitrogens with zero attached hydrogens (tertiary/aromatic N) is 2. The number of likely N-dealkylation sites (tertiary alicyclic amines) is 1. The van der Waals surface area contributed by atoms with Gasteiger partial charge in [0.15, 0.2) is 0 Å². The van der Waals surface area contributed by atoms with Gasteiger partial charge in [0.05, 0.1) is 12.4 Å². The van der Waals surface area contributed by atoms with Gasteiger partial charge in [0.1, 0.15) is 18.1 Å². The third kappa shape index (κ3) is 7.28. The number of hydrogen-bond acceptors (Lipinski definition) is 6. The van der Waals surface area contributed by atoms with E-state index in [-0.39, 0.29) is 18.3 Å². The van der Waals surface area contributed by atoms with Crippen LogP contribution in [0.2, 0.25) is 0 Å². The molecule has 11 heteroatoms. The van der Waals surface area contributed by atoms with E-state index in [1.54, 1.807) is 20.0 Å². The lowest BCUT2D eigenvalue weighted by Crippen LogP contribution is -2.58. The molecule has 33 heavy (non-hydrogen) atoms. The number of aliphatic carboxylic acids is 1. The summed E-state index contributed by atoms with van der Waals surface area (Å²) in [4.78, 5) is 58.5. The van der Waals surface area contributed by atoms with Crippen LogP contribution in [0.1, 0.15) is 52.7 Å². The normalized spacial score (nSPS) is 18.8. The van der Waals surface area contributed by atoms with E-state index in [0.717, 1.165) is 0 Å². The van der Waals surface area contributed by atoms with Crippen molar-refractivity contribution >= 4 is 23.7 Å². The molecule has 2 rings (SSSR count). The monoisotopic (exact) mass is 464 g/mol. The fraction of sp³-hybridized carbons (Fsp3) is 0.682. The molecule has 3 amide bonds. The van der Waals surface area contributed by atoms with E-state index in [2.05, 4.69) is 20.6 Å². The third-order valence-electron chi connectivity index (χ3n) is 5.72. The minimum atomic E-state index is -1.05. The number of amides is 3. The van der Waals surface area contributed by atoms with Crippen LogP contribution >= 0.6 is 0 Å². The first-order valence-corrected chi connectivity index (χ1v) is 11.4. The molecule has 0 aromatic carbocycles. The van der Waals surface area contributed by atoms with E-state index in [1.165, 1.54) is 11.2 Å². The van der Waals surface area contributed by atoms with Gasteiger partial charge in [-0.15, -0.1) is 0 Å². The highest BCUT2D eigenvalue weighted by Crippen LogP contribution is 2.20. The van der Waals surface area contributed by atoms with E-state index >= 15 is 0 Å². The van der Waals surface area contributed by atoms with Gasteiger partial charge in [-0.25, -0.2) is 9.78 Å². The summed E-state index contributed by atoms with van der Waals surface area (Å²) in [6.45, 7) is 7.74. The molecule has 0 spiro atoms. The van der Waals surface area contributed by atoms with Crippen LogP contribution in [0.15, 0.2) is 12.5 Å². The topological polar surface area (TPSA) is 171 Å². The van der Waals surface area contributed by atoms with Crippen molar-refractivity contribution in [2.45, 2.75) is 77.5 Å². The molecule has 4 unspecified atom stereocenters. The minimum absolute atomic E-state index is 0.0908. The molecule has 0 bridgehead atoms. The second-order valence-electron chi connectivity index (χ2n) is 9.34. The van der Waals surface area contributed by atoms with Crippen LogP contribution in [0.25, 0.3) is 0 Å². The van der Waals surface area contributed by atoms with Crippen LogP contribution < -0.4 is 16.4 Å². The fourth-order valence-corrected chi connectivity index (χ4v) is 3.94. The molecule has 6 N–H and O–H groups in total. The van der Waals surface area contributed by atoms with E-state index in [0.29, 0.717) is 31.5 Å². The number of aromatic amines is 1. The molecule has 0 radical (unpaired) electrons. The van der Waals surface area contributed by atoms with E-state index in [1.807, 2.05) is 13.8 Å². The lowest BCUT2D eigenvalue weighted by atomic mass is 9.99. The van der Waals surface area contributed by atoms with Crippen LogP contribution in [0.5, 0.6) is 0 Å². The Hall–Kier alpha value is -2.95. The number of carboxylic acids is 1. The minimum Gasteiger partial charge on any atom is -0.480 e. The van der Waals surface area contributed by atoms with Gasteiger partial charge in [0, 0.05) is 24.9 Å². The number of rotatable bonds is 11. The van der Waals surface area contributed by atoms with Crippen LogP contribution in [0, 0.1) is 11.8 Å². The Labute approximate surface area is 193 Å². The van der Waals surface area contributed by atoms with Crippen molar-refractivity contribution in [1.29, 1.82) is 0 Å². The molecule has 184 valence electrons. The van der Waals surface area contributed by atoms with Gasteiger partial charge in [-0.1, -0.05) is 27.7 Å². The molecular weight excluding hydrogens is 428 g/mol.